The van der Waals surface area contributed by atoms with Gasteiger partial charge >= 0.3 is 18.5 Å². The predicted molar refractivity (Wildman–Crippen MR) is 132 cm³/mol. The highest BCUT2D eigenvalue weighted by atomic mass is 19.4. The Kier molecular flexibility index (Phi) is 7.11. The van der Waals surface area contributed by atoms with Crippen LogP contribution in [0.1, 0.15) is 22.3 Å². The van der Waals surface area contributed by atoms with Crippen molar-refractivity contribution < 1.29 is 48.3 Å². The van der Waals surface area contributed by atoms with E-state index in [1.165, 1.54) is 25.4 Å². The molecule has 3 aromatic carbocycles. The van der Waals surface area contributed by atoms with Crippen LogP contribution in [0, 0.1) is 41.5 Å². The van der Waals surface area contributed by atoms with E-state index in [1.807, 2.05) is 0 Å². The number of aryl methyl sites for hydroxylation is 1. The van der Waals surface area contributed by atoms with E-state index in [2.05, 4.69) is 20.0 Å². The minimum atomic E-state index is -5.30. The Bertz CT molecular complexity index is 2210. The van der Waals surface area contributed by atoms with Gasteiger partial charge in [-0.15, -0.1) is 0 Å². The first-order valence-corrected chi connectivity index (χ1v) is 12.0. The number of nitrogens with zero attached hydrogens (tertiary/aromatic N) is 6. The zero-order valence-corrected chi connectivity index (χ0v) is 21.8. The molecule has 0 unspecified atom stereocenters. The molecule has 0 fully saturated rings. The number of hydrogen-bond acceptors (Lipinski definition) is 6. The summed E-state index contributed by atoms with van der Waals surface area (Å²) in [7, 11) is 0. The Morgan fingerprint density at radius 3 is 1.29 bits per heavy atom. The molecule has 0 saturated carbocycles. The molecule has 5 aromatic rings. The molecule has 0 aliphatic heterocycles. The molecule has 0 atom stereocenters. The standard InChI is InChI=1S/C28H9F11N6/c1-10-2-11(4-13(3-10)26(31,32)33)20-24(42-8-40)16-18(29)23-17(19(30)22(16)44-20)25(43-9-41)21(45-23)12-5-14(27(34,35)36)7-15(6-12)28(37,38)39/h2-7H,1H3. The zero-order valence-electron chi connectivity index (χ0n) is 21.8. The third-order valence-corrected chi connectivity index (χ3v) is 6.56. The molecule has 0 aliphatic carbocycles. The molecular formula is C28H9F11N6. The van der Waals surface area contributed by atoms with E-state index in [0.29, 0.717) is 6.07 Å². The van der Waals surface area contributed by atoms with Crippen LogP contribution in [-0.2, 0) is 18.5 Å². The van der Waals surface area contributed by atoms with Gasteiger partial charge in [0.1, 0.15) is 21.7 Å². The van der Waals surface area contributed by atoms with Crippen molar-refractivity contribution in [3.8, 4) is 34.9 Å². The fourth-order valence-corrected chi connectivity index (χ4v) is 4.77. The third kappa shape index (κ3) is 5.30. The molecule has 2 aromatic heterocycles. The molecule has 6 nitrogen and oxygen atoms in total. The highest BCUT2D eigenvalue weighted by Crippen LogP contribution is 2.39. The molecule has 0 radical (unpaired) electrons. The topological polar surface area (TPSA) is 98.1 Å². The fourth-order valence-electron chi connectivity index (χ4n) is 4.77. The van der Waals surface area contributed by atoms with Gasteiger partial charge in [-0.25, -0.2) is 18.7 Å². The van der Waals surface area contributed by atoms with E-state index in [9.17, 15) is 50.0 Å². The highest BCUT2D eigenvalue weighted by molar-refractivity contribution is 6.00. The molecular weight excluding hydrogens is 629 g/mol. The summed E-state index contributed by atoms with van der Waals surface area (Å²) in [4.78, 5) is 14.3. The predicted octanol–water partition coefficient (Wildman–Crippen LogP) is 7.40. The lowest BCUT2D eigenvalue weighted by Crippen LogP contribution is -2.12. The Labute approximate surface area is 242 Å². The van der Waals surface area contributed by atoms with Gasteiger partial charge in [-0.05, 0) is 48.9 Å². The number of benzene rings is 3. The van der Waals surface area contributed by atoms with E-state index >= 15 is 8.78 Å². The first kappa shape index (κ1) is 31.0. The first-order chi connectivity index (χ1) is 20.9. The van der Waals surface area contributed by atoms with E-state index in [0.717, 1.165) is 6.07 Å². The van der Waals surface area contributed by atoms with Gasteiger partial charge in [-0.1, -0.05) is 0 Å². The average Bonchev–Trinajstić information content (AvgIpc) is 3.50. The smallest absolute Gasteiger partial charge is 0.242 e. The molecule has 0 spiro atoms. The van der Waals surface area contributed by atoms with E-state index in [-0.39, 0.29) is 29.3 Å². The summed E-state index contributed by atoms with van der Waals surface area (Å²) in [5.74, 6) is -3.08. The van der Waals surface area contributed by atoms with Crippen LogP contribution in [0.25, 0.3) is 44.3 Å². The average molecular weight is 638 g/mol. The van der Waals surface area contributed by atoms with Crippen LogP contribution in [-0.4, -0.2) is 9.97 Å². The van der Waals surface area contributed by atoms with Crippen LogP contribution in [0.2, 0.25) is 0 Å². The van der Waals surface area contributed by atoms with E-state index in [1.54, 1.807) is 0 Å². The lowest BCUT2D eigenvalue weighted by atomic mass is 10.0. The minimum Gasteiger partial charge on any atom is -0.242 e. The number of hydrogen-bond donors (Lipinski definition) is 0. The van der Waals surface area contributed by atoms with Crippen LogP contribution in [0.3, 0.4) is 0 Å². The quantitative estimate of drug-likeness (QED) is 0.149. The molecule has 0 aliphatic rings. The summed E-state index contributed by atoms with van der Waals surface area (Å²) in [6.45, 7) is 1.29. The molecule has 0 bridgehead atoms. The van der Waals surface area contributed by atoms with Crippen molar-refractivity contribution in [2.45, 2.75) is 25.5 Å². The monoisotopic (exact) mass is 638 g/mol. The Morgan fingerprint density at radius 1 is 0.578 bits per heavy atom. The minimum absolute atomic E-state index is 0.0511. The molecule has 0 N–H and O–H groups in total. The van der Waals surface area contributed by atoms with Crippen LogP contribution < -0.4 is 10.7 Å². The van der Waals surface area contributed by atoms with Crippen LogP contribution in [0.4, 0.5) is 48.3 Å². The summed E-state index contributed by atoms with van der Waals surface area (Å²) < 4.78 is 154. The van der Waals surface area contributed by atoms with Gasteiger partial charge in [0.2, 0.25) is 12.4 Å². The first-order valence-electron chi connectivity index (χ1n) is 12.0. The Hall–Kier alpha value is -5.45. The van der Waals surface area contributed by atoms with Crippen molar-refractivity contribution >= 4 is 21.8 Å². The van der Waals surface area contributed by atoms with Crippen molar-refractivity contribution in [2.75, 3.05) is 0 Å². The largest absolute Gasteiger partial charge is 0.416 e. The summed E-state index contributed by atoms with van der Waals surface area (Å²) in [6.07, 6.45) is -12.9. The lowest BCUT2D eigenvalue weighted by molar-refractivity contribution is -0.143. The molecule has 5 rings (SSSR count). The number of rotatable bonds is 2. The van der Waals surface area contributed by atoms with Gasteiger partial charge in [0, 0.05) is 11.1 Å². The number of alkyl halides is 9. The summed E-state index contributed by atoms with van der Waals surface area (Å²) in [5.41, 5.74) is -9.45. The second kappa shape index (κ2) is 10.3. The number of aromatic nitrogens is 2. The number of nitriles is 2. The van der Waals surface area contributed by atoms with Gasteiger partial charge in [0.05, 0.1) is 38.9 Å². The van der Waals surface area contributed by atoms with Crippen LogP contribution in [0.15, 0.2) is 46.4 Å². The molecule has 0 amide bonds. The molecule has 0 saturated heterocycles. The Balaban J connectivity index is 1.92. The molecule has 45 heavy (non-hydrogen) atoms. The Morgan fingerprint density at radius 2 is 0.933 bits per heavy atom. The van der Waals surface area contributed by atoms with Gasteiger partial charge in [0.25, 0.3) is 0 Å². The van der Waals surface area contributed by atoms with Crippen molar-refractivity contribution in [2.24, 2.45) is 9.98 Å². The van der Waals surface area contributed by atoms with Gasteiger partial charge in [-0.2, -0.15) is 60.0 Å². The summed E-state index contributed by atoms with van der Waals surface area (Å²) in [6, 6.07) is 2.78. The fraction of sp³-hybridized carbons (Fsp3) is 0.143. The maximum Gasteiger partial charge on any atom is 0.416 e. The van der Waals surface area contributed by atoms with Gasteiger partial charge in [-0.3, -0.25) is 0 Å². The van der Waals surface area contributed by atoms with Crippen molar-refractivity contribution in [3.05, 3.63) is 81.0 Å². The summed E-state index contributed by atoms with van der Waals surface area (Å²) >= 11 is 0. The van der Waals surface area contributed by atoms with E-state index in [4.69, 9.17) is 0 Å². The second-order valence-electron chi connectivity index (χ2n) is 9.50. The van der Waals surface area contributed by atoms with Crippen LogP contribution >= 0.6 is 0 Å². The lowest BCUT2D eigenvalue weighted by Gasteiger charge is -2.13. The maximum absolute atomic E-state index is 16.1. The second-order valence-corrected chi connectivity index (χ2v) is 9.50. The van der Waals surface area contributed by atoms with Crippen LogP contribution in [0.5, 0.6) is 0 Å². The maximum atomic E-state index is 16.1. The third-order valence-electron chi connectivity index (χ3n) is 6.56. The van der Waals surface area contributed by atoms with Crippen molar-refractivity contribution in [1.82, 2.24) is 9.97 Å². The van der Waals surface area contributed by atoms with E-state index < -0.39 is 96.3 Å². The molecule has 17 heteroatoms. The van der Waals surface area contributed by atoms with Gasteiger partial charge < -0.3 is 0 Å². The SMILES string of the molecule is Cc1cc(-c2nc3c(F)c4c(=NC#N)c(-c5cc(C(F)(F)F)cc(C(F)(F)F)c5)nc4c(F)c3c2=NC#N)cc(C(F)(F)F)c1. The number of halogens is 11. The van der Waals surface area contributed by atoms with Crippen molar-refractivity contribution in [1.29, 1.82) is 10.5 Å². The highest BCUT2D eigenvalue weighted by Gasteiger charge is 2.38. The number of fused-ring (bicyclic) bond motifs is 2. The van der Waals surface area contributed by atoms with Gasteiger partial charge in [0.15, 0.2) is 11.6 Å². The summed E-state index contributed by atoms with van der Waals surface area (Å²) in [5, 5.41) is 14.9. The van der Waals surface area contributed by atoms with Crippen molar-refractivity contribution in [3.63, 3.8) is 0 Å². The normalized spacial score (nSPS) is 13.6. The molecule has 228 valence electrons. The molecule has 2 heterocycles. The zero-order chi connectivity index (χ0) is 33.2.